The smallest absolute Gasteiger partial charge is 0.328 e. The number of H-pyrrole nitrogens is 1. The molecule has 4 aromatic heterocycles. The average Bonchev–Trinajstić information content (AvgIpc) is 3.88. The summed E-state index contributed by atoms with van der Waals surface area (Å²) in [6.45, 7) is 3.09. The Bertz CT molecular complexity index is 1970. The summed E-state index contributed by atoms with van der Waals surface area (Å²) in [6.07, 6.45) is 10.2. The zero-order chi connectivity index (χ0) is 31.3. The Morgan fingerprint density at radius 2 is 2.04 bits per heavy atom. The second kappa shape index (κ2) is 10.4. The molecular weight excluding hydrogens is 604 g/mol. The van der Waals surface area contributed by atoms with Crippen molar-refractivity contribution in [1.29, 1.82) is 5.26 Å². The van der Waals surface area contributed by atoms with Crippen LogP contribution in [0.1, 0.15) is 98.0 Å². The molecule has 3 N–H and O–H groups in total. The van der Waals surface area contributed by atoms with Gasteiger partial charge in [0.15, 0.2) is 5.65 Å². The third-order valence-corrected chi connectivity index (χ3v) is 12.5. The van der Waals surface area contributed by atoms with Crippen LogP contribution >= 0.6 is 11.3 Å². The van der Waals surface area contributed by atoms with E-state index in [1.807, 2.05) is 0 Å². The molecule has 3 saturated heterocycles. The number of nitrogens with zero attached hydrogens (tertiary/aromatic N) is 6. The van der Waals surface area contributed by atoms with Gasteiger partial charge in [0.05, 0.1) is 29.5 Å². The van der Waals surface area contributed by atoms with E-state index in [9.17, 15) is 10.1 Å². The Morgan fingerprint density at radius 1 is 1.20 bits per heavy atom. The Kier molecular flexibility index (Phi) is 6.43. The van der Waals surface area contributed by atoms with Crippen molar-refractivity contribution in [2.75, 3.05) is 19.3 Å². The molecule has 46 heavy (non-hydrogen) atoms. The number of nitrogens with two attached hydrogens (primary N) is 1. The van der Waals surface area contributed by atoms with Gasteiger partial charge in [-0.15, -0.1) is 11.3 Å². The van der Waals surface area contributed by atoms with Crippen LogP contribution in [0.5, 0.6) is 5.88 Å². The number of rotatable bonds is 5. The highest BCUT2D eigenvalue weighted by atomic mass is 32.1. The van der Waals surface area contributed by atoms with Gasteiger partial charge < -0.3 is 19.7 Å². The molecule has 2 unspecified atom stereocenters. The number of likely N-dealkylation sites (tertiary alicyclic amines) is 1. The van der Waals surface area contributed by atoms with Gasteiger partial charge in [0.2, 0.25) is 17.5 Å². The lowest BCUT2D eigenvalue weighted by Crippen LogP contribution is -2.38. The van der Waals surface area contributed by atoms with Gasteiger partial charge in [-0.3, -0.25) is 14.5 Å². The first-order chi connectivity index (χ1) is 22.4. The second-order valence-electron chi connectivity index (χ2n) is 13.9. The fourth-order valence-electron chi connectivity index (χ4n) is 9.37. The Hall–Kier alpha value is -3.73. The van der Waals surface area contributed by atoms with Gasteiger partial charge in [-0.25, -0.2) is 9.78 Å². The van der Waals surface area contributed by atoms with Crippen molar-refractivity contribution in [3.8, 4) is 23.5 Å². The number of aromatic nitrogens is 5. The molecule has 13 heteroatoms. The number of nitriles is 1. The number of imidazole rings is 1. The van der Waals surface area contributed by atoms with Gasteiger partial charge >= 0.3 is 5.69 Å². The molecule has 7 heterocycles. The lowest BCUT2D eigenvalue weighted by Gasteiger charge is -2.39. The number of aryl methyl sites for hydroxylation is 1. The van der Waals surface area contributed by atoms with E-state index in [-0.39, 0.29) is 36.1 Å². The Labute approximate surface area is 269 Å². The number of hydrogen-bond acceptors (Lipinski definition) is 11. The highest BCUT2D eigenvalue weighted by molar-refractivity contribution is 7.16. The highest BCUT2D eigenvalue weighted by Crippen LogP contribution is 2.55. The molecule has 240 valence electrons. The normalized spacial score (nSPS) is 29.3. The van der Waals surface area contributed by atoms with Crippen molar-refractivity contribution >= 4 is 27.5 Å². The van der Waals surface area contributed by atoms with Crippen LogP contribution in [0.25, 0.3) is 22.7 Å². The van der Waals surface area contributed by atoms with Crippen LogP contribution in [0.15, 0.2) is 9.32 Å². The van der Waals surface area contributed by atoms with E-state index < -0.39 is 5.41 Å². The monoisotopic (exact) mass is 642 g/mol. The molecule has 3 aliphatic heterocycles. The lowest BCUT2D eigenvalue weighted by molar-refractivity contribution is 0.0938. The first-order valence-corrected chi connectivity index (χ1v) is 17.5. The van der Waals surface area contributed by atoms with Crippen LogP contribution in [0.2, 0.25) is 0 Å². The average molecular weight is 643 g/mol. The molecule has 0 amide bonds. The fraction of sp³-hybridized carbons (Fsp3) is 0.606. The molecule has 0 radical (unpaired) electrons. The summed E-state index contributed by atoms with van der Waals surface area (Å²) >= 11 is 1.53. The van der Waals surface area contributed by atoms with E-state index in [2.05, 4.69) is 29.9 Å². The van der Waals surface area contributed by atoms with Gasteiger partial charge in [0.1, 0.15) is 22.7 Å². The molecule has 1 spiro atoms. The third-order valence-electron chi connectivity index (χ3n) is 11.4. The Morgan fingerprint density at radius 3 is 2.78 bits per heavy atom. The number of likely N-dealkylation sites (N-methyl/N-ethyl adjacent to an activating group) is 1. The number of ether oxygens (including phenoxy) is 2. The van der Waals surface area contributed by atoms with Crippen molar-refractivity contribution in [3.05, 3.63) is 37.7 Å². The van der Waals surface area contributed by atoms with E-state index in [0.29, 0.717) is 39.2 Å². The molecule has 2 bridgehead atoms. The first kappa shape index (κ1) is 28.5. The molecule has 4 aromatic rings. The number of aromatic amines is 1. The minimum atomic E-state index is -0.427. The number of hydrogen-bond donors (Lipinski definition) is 2. The summed E-state index contributed by atoms with van der Waals surface area (Å²) in [7, 11) is 2.12. The van der Waals surface area contributed by atoms with Crippen molar-refractivity contribution in [1.82, 2.24) is 29.6 Å². The summed E-state index contributed by atoms with van der Waals surface area (Å²) < 4.78 is 20.8. The lowest BCUT2D eigenvalue weighted by atomic mass is 9.62. The molecule has 0 aromatic carbocycles. The summed E-state index contributed by atoms with van der Waals surface area (Å²) in [5.74, 6) is 1.21. The van der Waals surface area contributed by atoms with Crippen LogP contribution in [-0.4, -0.2) is 67.5 Å². The SMILES string of the molecule is C[C@H](Oc1nc(-c2onc3c2CCC[C@@]32CCCc3sc(N)c(C#N)c32)nc2c1[nH]c(=O)n2[C@H]1CC2CCC1O2)[C@@H]1CCCN1C. The minimum Gasteiger partial charge on any atom is -0.471 e. The van der Waals surface area contributed by atoms with Crippen molar-refractivity contribution in [2.45, 2.75) is 113 Å². The van der Waals surface area contributed by atoms with Crippen molar-refractivity contribution in [3.63, 3.8) is 0 Å². The van der Waals surface area contributed by atoms with E-state index in [1.165, 1.54) is 16.2 Å². The maximum atomic E-state index is 13.6. The van der Waals surface area contributed by atoms with Crippen molar-refractivity contribution < 1.29 is 14.0 Å². The predicted molar refractivity (Wildman–Crippen MR) is 171 cm³/mol. The molecular formula is C33H38N8O4S. The standard InChI is InChI=1S/C33H38N8O4S/c1-16(20-7-5-13-40(20)2)43-31-25-30(41(32(42)36-25)21-14-17-9-10-22(21)44-17)37-29(38-31)26-18-6-3-11-33(27(18)39-45-26)12-4-8-23-24(33)19(15-34)28(35)46-23/h16-17,20-22H,3-14,35H2,1-2H3,(H,36,42)/t16-,17?,20-,21-,22?,33-/m0/s1. The molecule has 5 aliphatic rings. The quantitative estimate of drug-likeness (QED) is 0.315. The highest BCUT2D eigenvalue weighted by Gasteiger charge is 2.49. The topological polar surface area (TPSA) is 161 Å². The van der Waals surface area contributed by atoms with Crippen LogP contribution in [0, 0.1) is 11.3 Å². The van der Waals surface area contributed by atoms with Gasteiger partial charge in [-0.1, -0.05) is 5.16 Å². The number of nitrogen functional groups attached to an aromatic ring is 1. The number of nitrogens with one attached hydrogen (secondary N) is 1. The fourth-order valence-corrected chi connectivity index (χ4v) is 10.5. The van der Waals surface area contributed by atoms with Crippen LogP contribution in [-0.2, 0) is 23.0 Å². The molecule has 9 rings (SSSR count). The maximum absolute atomic E-state index is 13.6. The van der Waals surface area contributed by atoms with E-state index in [4.69, 9.17) is 34.9 Å². The third kappa shape index (κ3) is 4.02. The van der Waals surface area contributed by atoms with Gasteiger partial charge in [0, 0.05) is 21.9 Å². The van der Waals surface area contributed by atoms with E-state index >= 15 is 0 Å². The molecule has 6 atom stereocenters. The second-order valence-corrected chi connectivity index (χ2v) is 15.1. The van der Waals surface area contributed by atoms with E-state index in [0.717, 1.165) is 94.0 Å². The van der Waals surface area contributed by atoms with Gasteiger partial charge in [0.25, 0.3) is 0 Å². The zero-order valence-corrected chi connectivity index (χ0v) is 27.0. The van der Waals surface area contributed by atoms with Crippen molar-refractivity contribution in [2.24, 2.45) is 0 Å². The van der Waals surface area contributed by atoms with Gasteiger partial charge in [-0.2, -0.15) is 10.2 Å². The maximum Gasteiger partial charge on any atom is 0.328 e. The summed E-state index contributed by atoms with van der Waals surface area (Å²) in [6, 6.07) is 2.54. The minimum absolute atomic E-state index is 0.0127. The molecule has 3 fully saturated rings. The Balaban J connectivity index is 1.20. The summed E-state index contributed by atoms with van der Waals surface area (Å²) in [5.41, 5.74) is 10.2. The van der Waals surface area contributed by atoms with Crippen LogP contribution in [0.4, 0.5) is 5.00 Å². The predicted octanol–water partition coefficient (Wildman–Crippen LogP) is 4.60. The summed E-state index contributed by atoms with van der Waals surface area (Å²) in [4.78, 5) is 30.2. The molecule has 2 aliphatic carbocycles. The van der Waals surface area contributed by atoms with Crippen LogP contribution in [0.3, 0.4) is 0 Å². The van der Waals surface area contributed by atoms with E-state index in [1.54, 1.807) is 4.57 Å². The molecule has 0 saturated carbocycles. The van der Waals surface area contributed by atoms with Crippen LogP contribution < -0.4 is 16.2 Å². The number of thiophene rings is 1. The number of anilines is 1. The number of fused-ring (bicyclic) bond motifs is 7. The zero-order valence-electron chi connectivity index (χ0n) is 26.2. The largest absolute Gasteiger partial charge is 0.471 e. The first-order valence-electron chi connectivity index (χ1n) is 16.7. The summed E-state index contributed by atoms with van der Waals surface area (Å²) in [5, 5.41) is 15.4. The van der Waals surface area contributed by atoms with Gasteiger partial charge in [-0.05, 0) is 96.7 Å². The molecule has 12 nitrogen and oxygen atoms in total.